The first-order valence-electron chi connectivity index (χ1n) is 5.37. The van der Waals surface area contributed by atoms with Crippen LogP contribution in [0.1, 0.15) is 28.8 Å². The number of aromatic nitrogens is 2. The number of carbonyl (C=O) groups excluding carboxylic acids is 1. The van der Waals surface area contributed by atoms with Crippen molar-refractivity contribution in [2.24, 2.45) is 0 Å². The van der Waals surface area contributed by atoms with E-state index in [1.54, 1.807) is 10.8 Å². The highest BCUT2D eigenvalue weighted by atomic mass is 16.2. The van der Waals surface area contributed by atoms with Crippen molar-refractivity contribution in [2.75, 3.05) is 0 Å². The van der Waals surface area contributed by atoms with Crippen molar-refractivity contribution >= 4 is 5.91 Å². The van der Waals surface area contributed by atoms with E-state index in [2.05, 4.69) is 4.98 Å². The molecule has 0 fully saturated rings. The van der Waals surface area contributed by atoms with Crippen LogP contribution in [-0.2, 0) is 6.42 Å². The number of aryl methyl sites for hydroxylation is 2. The first-order valence-corrected chi connectivity index (χ1v) is 5.37. The topological polar surface area (TPSA) is 34.9 Å². The fraction of sp³-hybridized carbons (Fsp3) is 0.231. The lowest BCUT2D eigenvalue weighted by Crippen LogP contribution is -2.13. The summed E-state index contributed by atoms with van der Waals surface area (Å²) in [6.45, 7) is 3.89. The summed E-state index contributed by atoms with van der Waals surface area (Å²) in [6.07, 6.45) is 2.54. The largest absolute Gasteiger partial charge is 0.269 e. The van der Waals surface area contributed by atoms with Crippen molar-refractivity contribution in [1.82, 2.24) is 9.55 Å². The van der Waals surface area contributed by atoms with Gasteiger partial charge in [-0.05, 0) is 19.1 Å². The van der Waals surface area contributed by atoms with Crippen LogP contribution in [0.25, 0.3) is 0 Å². The molecule has 0 saturated heterocycles. The van der Waals surface area contributed by atoms with Crippen LogP contribution in [0.2, 0.25) is 0 Å². The van der Waals surface area contributed by atoms with E-state index in [-0.39, 0.29) is 5.91 Å². The standard InChI is InChI=1S/C13H14N2O/c1-3-12-14-10(2)9-15(12)13(16)11-7-5-4-6-8-11/h4-9H,3H2,1-2H3. The van der Waals surface area contributed by atoms with Crippen LogP contribution in [0.15, 0.2) is 36.5 Å². The Morgan fingerprint density at radius 1 is 1.31 bits per heavy atom. The highest BCUT2D eigenvalue weighted by Gasteiger charge is 2.12. The SMILES string of the molecule is CCc1nc(C)cn1C(=O)c1ccccc1. The van der Waals surface area contributed by atoms with Gasteiger partial charge < -0.3 is 0 Å². The number of carbonyl (C=O) groups is 1. The van der Waals surface area contributed by atoms with Gasteiger partial charge in [0.25, 0.3) is 5.91 Å². The van der Waals surface area contributed by atoms with E-state index >= 15 is 0 Å². The average Bonchev–Trinajstić information content (AvgIpc) is 2.70. The Hall–Kier alpha value is -1.90. The molecule has 0 unspecified atom stereocenters. The summed E-state index contributed by atoms with van der Waals surface area (Å²) >= 11 is 0. The minimum Gasteiger partial charge on any atom is -0.269 e. The summed E-state index contributed by atoms with van der Waals surface area (Å²) in [5.74, 6) is 0.796. The molecule has 3 heteroatoms. The number of nitrogens with zero attached hydrogens (tertiary/aromatic N) is 2. The van der Waals surface area contributed by atoms with Crippen molar-refractivity contribution in [1.29, 1.82) is 0 Å². The lowest BCUT2D eigenvalue weighted by atomic mass is 10.2. The Bertz CT molecular complexity index is 500. The lowest BCUT2D eigenvalue weighted by Gasteiger charge is -2.04. The molecule has 0 atom stereocenters. The van der Waals surface area contributed by atoms with Crippen molar-refractivity contribution in [3.05, 3.63) is 53.6 Å². The Labute approximate surface area is 94.7 Å². The zero-order valence-corrected chi connectivity index (χ0v) is 9.47. The van der Waals surface area contributed by atoms with Crippen molar-refractivity contribution < 1.29 is 4.79 Å². The van der Waals surface area contributed by atoms with E-state index in [1.807, 2.05) is 44.2 Å². The molecule has 2 rings (SSSR count). The van der Waals surface area contributed by atoms with Crippen molar-refractivity contribution in [2.45, 2.75) is 20.3 Å². The van der Waals surface area contributed by atoms with Gasteiger partial charge in [0.2, 0.25) is 0 Å². The summed E-state index contributed by atoms with van der Waals surface area (Å²) in [7, 11) is 0. The summed E-state index contributed by atoms with van der Waals surface area (Å²) in [6, 6.07) is 9.26. The second-order valence-corrected chi connectivity index (χ2v) is 3.69. The average molecular weight is 214 g/mol. The van der Waals surface area contributed by atoms with E-state index in [1.165, 1.54) is 0 Å². The van der Waals surface area contributed by atoms with Crippen LogP contribution in [0, 0.1) is 6.92 Å². The molecule has 16 heavy (non-hydrogen) atoms. The fourth-order valence-corrected chi connectivity index (χ4v) is 1.69. The monoisotopic (exact) mass is 214 g/mol. The molecule has 82 valence electrons. The van der Waals surface area contributed by atoms with Crippen LogP contribution in [-0.4, -0.2) is 15.5 Å². The number of hydrogen-bond donors (Lipinski definition) is 0. The van der Waals surface area contributed by atoms with Gasteiger partial charge in [-0.3, -0.25) is 9.36 Å². The summed E-state index contributed by atoms with van der Waals surface area (Å²) < 4.78 is 1.63. The van der Waals surface area contributed by atoms with E-state index in [0.717, 1.165) is 17.9 Å². The van der Waals surface area contributed by atoms with Gasteiger partial charge in [-0.2, -0.15) is 0 Å². The Morgan fingerprint density at radius 2 is 2.00 bits per heavy atom. The molecule has 1 heterocycles. The molecule has 0 aliphatic heterocycles. The summed E-state index contributed by atoms with van der Waals surface area (Å²) in [4.78, 5) is 16.5. The third kappa shape index (κ3) is 1.89. The molecule has 0 amide bonds. The molecule has 2 aromatic rings. The normalized spacial score (nSPS) is 10.4. The van der Waals surface area contributed by atoms with Gasteiger partial charge in [0.15, 0.2) is 0 Å². The van der Waals surface area contributed by atoms with E-state index < -0.39 is 0 Å². The van der Waals surface area contributed by atoms with Crippen LogP contribution in [0.5, 0.6) is 0 Å². The third-order valence-corrected chi connectivity index (χ3v) is 2.46. The van der Waals surface area contributed by atoms with Gasteiger partial charge in [0.1, 0.15) is 5.82 Å². The van der Waals surface area contributed by atoms with Crippen LogP contribution in [0.3, 0.4) is 0 Å². The Morgan fingerprint density at radius 3 is 2.62 bits per heavy atom. The van der Waals surface area contributed by atoms with E-state index in [9.17, 15) is 4.79 Å². The maximum absolute atomic E-state index is 12.2. The van der Waals surface area contributed by atoms with Crippen molar-refractivity contribution in [3.8, 4) is 0 Å². The molecule has 0 N–H and O–H groups in total. The molecular formula is C13H14N2O. The minimum atomic E-state index is -0.0157. The minimum absolute atomic E-state index is 0.0157. The van der Waals surface area contributed by atoms with Crippen molar-refractivity contribution in [3.63, 3.8) is 0 Å². The van der Waals surface area contributed by atoms with E-state index in [4.69, 9.17) is 0 Å². The maximum Gasteiger partial charge on any atom is 0.263 e. The number of benzene rings is 1. The lowest BCUT2D eigenvalue weighted by molar-refractivity contribution is 0.0956. The van der Waals surface area contributed by atoms with Crippen LogP contribution in [0.4, 0.5) is 0 Å². The van der Waals surface area contributed by atoms with Gasteiger partial charge >= 0.3 is 0 Å². The predicted octanol–water partition coefficient (Wildman–Crippen LogP) is 2.44. The summed E-state index contributed by atoms with van der Waals surface area (Å²) in [5.41, 5.74) is 1.57. The zero-order chi connectivity index (χ0) is 11.5. The molecule has 0 saturated carbocycles. The molecular weight excluding hydrogens is 200 g/mol. The molecule has 1 aromatic heterocycles. The van der Waals surface area contributed by atoms with Gasteiger partial charge in [0.05, 0.1) is 5.69 Å². The van der Waals surface area contributed by atoms with E-state index in [0.29, 0.717) is 5.56 Å². The Balaban J connectivity index is 2.41. The predicted molar refractivity (Wildman–Crippen MR) is 62.5 cm³/mol. The van der Waals surface area contributed by atoms with Gasteiger partial charge in [-0.15, -0.1) is 0 Å². The number of rotatable bonds is 2. The fourth-order valence-electron chi connectivity index (χ4n) is 1.69. The van der Waals surface area contributed by atoms with Gasteiger partial charge in [-0.25, -0.2) is 4.98 Å². The second kappa shape index (κ2) is 4.31. The second-order valence-electron chi connectivity index (χ2n) is 3.69. The molecule has 0 radical (unpaired) electrons. The van der Waals surface area contributed by atoms with Crippen LogP contribution < -0.4 is 0 Å². The molecule has 1 aromatic carbocycles. The van der Waals surface area contributed by atoms with Gasteiger partial charge in [0, 0.05) is 18.2 Å². The Kier molecular flexibility index (Phi) is 2.86. The summed E-state index contributed by atoms with van der Waals surface area (Å²) in [5, 5.41) is 0. The molecule has 0 aliphatic rings. The molecule has 0 bridgehead atoms. The number of hydrogen-bond acceptors (Lipinski definition) is 2. The van der Waals surface area contributed by atoms with Crippen LogP contribution >= 0.6 is 0 Å². The highest BCUT2D eigenvalue weighted by Crippen LogP contribution is 2.08. The first-order chi connectivity index (χ1) is 7.72. The molecule has 0 spiro atoms. The molecule has 0 aliphatic carbocycles. The third-order valence-electron chi connectivity index (χ3n) is 2.46. The maximum atomic E-state index is 12.2. The molecule has 3 nitrogen and oxygen atoms in total. The number of imidazole rings is 1. The first kappa shape index (κ1) is 10.6. The smallest absolute Gasteiger partial charge is 0.263 e. The van der Waals surface area contributed by atoms with Gasteiger partial charge in [-0.1, -0.05) is 25.1 Å². The zero-order valence-electron chi connectivity index (χ0n) is 9.47. The quantitative estimate of drug-likeness (QED) is 0.769. The highest BCUT2D eigenvalue weighted by molar-refractivity contribution is 5.96.